The first-order valence-electron chi connectivity index (χ1n) is 6.02. The van der Waals surface area contributed by atoms with Crippen molar-refractivity contribution < 1.29 is 19.1 Å². The van der Waals surface area contributed by atoms with Gasteiger partial charge in [0, 0.05) is 6.42 Å². The highest BCUT2D eigenvalue weighted by molar-refractivity contribution is 5.72. The van der Waals surface area contributed by atoms with Gasteiger partial charge in [0.2, 0.25) is 0 Å². The highest BCUT2D eigenvalue weighted by Crippen LogP contribution is 2.12. The van der Waals surface area contributed by atoms with Gasteiger partial charge < -0.3 is 9.47 Å². The fraction of sp³-hybridized carbons (Fsp3) is 0.833. The first kappa shape index (κ1) is 13.0. The Morgan fingerprint density at radius 2 is 1.69 bits per heavy atom. The summed E-state index contributed by atoms with van der Waals surface area (Å²) < 4.78 is 10.2. The summed E-state index contributed by atoms with van der Waals surface area (Å²) >= 11 is 0. The number of rotatable bonds is 0. The van der Waals surface area contributed by atoms with Crippen molar-refractivity contribution in [3.63, 3.8) is 0 Å². The summed E-state index contributed by atoms with van der Waals surface area (Å²) in [6.07, 6.45) is 4.39. The first-order valence-corrected chi connectivity index (χ1v) is 6.02. The van der Waals surface area contributed by atoms with E-state index in [0.29, 0.717) is 32.5 Å². The second-order valence-electron chi connectivity index (χ2n) is 4.24. The number of cyclic esters (lactones) is 2. The number of carbonyl (C=O) groups is 2. The molecule has 0 radical (unpaired) electrons. The Labute approximate surface area is 96.3 Å². The van der Waals surface area contributed by atoms with Gasteiger partial charge >= 0.3 is 11.9 Å². The first-order chi connectivity index (χ1) is 7.70. The van der Waals surface area contributed by atoms with Crippen LogP contribution in [0.1, 0.15) is 45.4 Å². The Hall–Kier alpha value is -1.06. The molecule has 1 heterocycles. The van der Waals surface area contributed by atoms with Gasteiger partial charge in [-0.05, 0) is 32.1 Å². The second-order valence-corrected chi connectivity index (χ2v) is 4.24. The van der Waals surface area contributed by atoms with Crippen LogP contribution < -0.4 is 0 Å². The fourth-order valence-electron chi connectivity index (χ4n) is 1.62. The van der Waals surface area contributed by atoms with Crippen molar-refractivity contribution in [3.8, 4) is 0 Å². The molecular weight excluding hydrogens is 208 g/mol. The third kappa shape index (κ3) is 5.14. The number of hydrogen-bond donors (Lipinski definition) is 0. The minimum Gasteiger partial charge on any atom is -0.466 e. The molecule has 0 N–H and O–H groups in total. The number of carbonyl (C=O) groups excluding carboxylic acids is 2. The Kier molecular flexibility index (Phi) is 5.90. The monoisotopic (exact) mass is 228 g/mol. The highest BCUT2D eigenvalue weighted by atomic mass is 16.5. The molecule has 0 saturated carbocycles. The van der Waals surface area contributed by atoms with Gasteiger partial charge in [-0.3, -0.25) is 9.59 Å². The average Bonchev–Trinajstić information content (AvgIpc) is 2.27. The van der Waals surface area contributed by atoms with Gasteiger partial charge in [0.05, 0.1) is 19.1 Å². The molecule has 0 amide bonds. The van der Waals surface area contributed by atoms with E-state index >= 15 is 0 Å². The van der Waals surface area contributed by atoms with Crippen molar-refractivity contribution in [2.45, 2.75) is 45.4 Å². The minimum atomic E-state index is -0.153. The van der Waals surface area contributed by atoms with Gasteiger partial charge in [-0.1, -0.05) is 6.92 Å². The van der Waals surface area contributed by atoms with Crippen molar-refractivity contribution in [2.75, 3.05) is 13.2 Å². The van der Waals surface area contributed by atoms with E-state index in [1.54, 1.807) is 0 Å². The molecule has 0 aromatic heterocycles. The molecule has 1 aliphatic rings. The van der Waals surface area contributed by atoms with Gasteiger partial charge in [0.25, 0.3) is 0 Å². The van der Waals surface area contributed by atoms with Crippen LogP contribution in [-0.4, -0.2) is 25.2 Å². The number of esters is 2. The normalized spacial score (nSPS) is 25.7. The van der Waals surface area contributed by atoms with Crippen molar-refractivity contribution >= 4 is 11.9 Å². The van der Waals surface area contributed by atoms with E-state index in [-0.39, 0.29) is 17.9 Å². The maximum absolute atomic E-state index is 11.5. The SMILES string of the molecule is CC1CCCC(=O)OCCCCCOC1=O. The van der Waals surface area contributed by atoms with Gasteiger partial charge in [-0.2, -0.15) is 0 Å². The summed E-state index contributed by atoms with van der Waals surface area (Å²) in [6.45, 7) is 2.81. The van der Waals surface area contributed by atoms with Crippen LogP contribution in [0.25, 0.3) is 0 Å². The molecule has 1 unspecified atom stereocenters. The molecule has 0 bridgehead atoms. The summed E-state index contributed by atoms with van der Waals surface area (Å²) in [5.74, 6) is -0.416. The van der Waals surface area contributed by atoms with Crippen molar-refractivity contribution in [3.05, 3.63) is 0 Å². The van der Waals surface area contributed by atoms with E-state index in [9.17, 15) is 9.59 Å². The van der Waals surface area contributed by atoms with Crippen LogP contribution in [0.4, 0.5) is 0 Å². The summed E-state index contributed by atoms with van der Waals surface area (Å²) in [5, 5.41) is 0. The maximum Gasteiger partial charge on any atom is 0.308 e. The lowest BCUT2D eigenvalue weighted by Crippen LogP contribution is -2.15. The number of ether oxygens (including phenoxy) is 2. The Bertz CT molecular complexity index is 237. The molecule has 0 spiro atoms. The molecule has 4 nitrogen and oxygen atoms in total. The maximum atomic E-state index is 11.5. The summed E-state index contributed by atoms with van der Waals surface area (Å²) in [5.41, 5.74) is 0. The molecule has 1 fully saturated rings. The molecule has 92 valence electrons. The van der Waals surface area contributed by atoms with Crippen LogP contribution >= 0.6 is 0 Å². The highest BCUT2D eigenvalue weighted by Gasteiger charge is 2.15. The zero-order valence-electron chi connectivity index (χ0n) is 9.87. The van der Waals surface area contributed by atoms with Crippen LogP contribution in [0.15, 0.2) is 0 Å². The second kappa shape index (κ2) is 7.25. The predicted octanol–water partition coefficient (Wildman–Crippen LogP) is 2.06. The van der Waals surface area contributed by atoms with E-state index in [0.717, 1.165) is 19.3 Å². The molecule has 1 saturated heterocycles. The molecule has 16 heavy (non-hydrogen) atoms. The predicted molar refractivity (Wildman–Crippen MR) is 58.8 cm³/mol. The van der Waals surface area contributed by atoms with E-state index in [1.165, 1.54) is 0 Å². The van der Waals surface area contributed by atoms with Gasteiger partial charge in [0.1, 0.15) is 0 Å². The number of hydrogen-bond acceptors (Lipinski definition) is 4. The summed E-state index contributed by atoms with van der Waals surface area (Å²) in [7, 11) is 0. The third-order valence-corrected chi connectivity index (χ3v) is 2.72. The average molecular weight is 228 g/mol. The third-order valence-electron chi connectivity index (χ3n) is 2.72. The van der Waals surface area contributed by atoms with Gasteiger partial charge in [0.15, 0.2) is 0 Å². The molecule has 1 rings (SSSR count). The molecule has 0 aromatic carbocycles. The van der Waals surface area contributed by atoms with Crippen LogP contribution in [-0.2, 0) is 19.1 Å². The van der Waals surface area contributed by atoms with E-state index in [2.05, 4.69) is 0 Å². The van der Waals surface area contributed by atoms with Gasteiger partial charge in [-0.15, -0.1) is 0 Å². The van der Waals surface area contributed by atoms with Crippen LogP contribution in [0.2, 0.25) is 0 Å². The largest absolute Gasteiger partial charge is 0.466 e. The topological polar surface area (TPSA) is 52.6 Å². The fourth-order valence-corrected chi connectivity index (χ4v) is 1.62. The van der Waals surface area contributed by atoms with E-state index in [4.69, 9.17) is 9.47 Å². The quantitative estimate of drug-likeness (QED) is 0.595. The lowest BCUT2D eigenvalue weighted by molar-refractivity contribution is -0.148. The van der Waals surface area contributed by atoms with Crippen LogP contribution in [0, 0.1) is 5.92 Å². The van der Waals surface area contributed by atoms with E-state index in [1.807, 2.05) is 6.92 Å². The minimum absolute atomic E-state index is 0.117. The van der Waals surface area contributed by atoms with E-state index < -0.39 is 0 Å². The Morgan fingerprint density at radius 3 is 2.44 bits per heavy atom. The van der Waals surface area contributed by atoms with Crippen LogP contribution in [0.5, 0.6) is 0 Å². The zero-order chi connectivity index (χ0) is 11.8. The standard InChI is InChI=1S/C12H20O4/c1-10-6-5-7-11(13)15-8-3-2-4-9-16-12(10)14/h10H,2-9H2,1H3. The molecular formula is C12H20O4. The molecule has 0 aliphatic carbocycles. The zero-order valence-corrected chi connectivity index (χ0v) is 9.87. The van der Waals surface area contributed by atoms with Crippen molar-refractivity contribution in [2.24, 2.45) is 5.92 Å². The van der Waals surface area contributed by atoms with Crippen LogP contribution in [0.3, 0.4) is 0 Å². The Balaban J connectivity index is 2.38. The Morgan fingerprint density at radius 1 is 1.00 bits per heavy atom. The summed E-state index contributed by atoms with van der Waals surface area (Å²) in [6, 6.07) is 0. The molecule has 1 aliphatic heterocycles. The molecule has 4 heteroatoms. The summed E-state index contributed by atoms with van der Waals surface area (Å²) in [4.78, 5) is 22.7. The van der Waals surface area contributed by atoms with Crippen molar-refractivity contribution in [1.29, 1.82) is 0 Å². The molecule has 0 aromatic rings. The lowest BCUT2D eigenvalue weighted by atomic mass is 10.0. The molecule has 1 atom stereocenters. The lowest BCUT2D eigenvalue weighted by Gasteiger charge is -2.10. The smallest absolute Gasteiger partial charge is 0.308 e. The van der Waals surface area contributed by atoms with Gasteiger partial charge in [-0.25, -0.2) is 0 Å². The van der Waals surface area contributed by atoms with Crippen molar-refractivity contribution in [1.82, 2.24) is 0 Å².